The van der Waals surface area contributed by atoms with Crippen molar-refractivity contribution in [3.05, 3.63) is 40.0 Å². The SMILES string of the molecule is C/C=C(\NC(=O)c1csc(CNC(=O)OC(C)(C)C)n1)C(=O)N(C)[C@H](C(=O)O[C@H](/C=C/CCSC(=O)CCCCCCC)CC(=O)OCCS(C)(C)C)C(C)C. The molecule has 2 atom stereocenters. The number of aromatic nitrogens is 1. The number of rotatable bonds is 24. The fourth-order valence-corrected chi connectivity index (χ4v) is 7.09. The Morgan fingerprint density at radius 3 is 2.34 bits per heavy atom. The number of likely N-dealkylation sites (N-methyl/N-ethyl adjacent to an activating group) is 1. The lowest BCUT2D eigenvalue weighted by atomic mass is 10.0. The molecule has 0 aliphatic rings. The third kappa shape index (κ3) is 21.8. The highest BCUT2D eigenvalue weighted by Crippen LogP contribution is 2.33. The number of hydrogen-bond donors (Lipinski definition) is 2. The second kappa shape index (κ2) is 25.8. The predicted octanol–water partition coefficient (Wildman–Crippen LogP) is 7.39. The number of unbranched alkanes of at least 4 members (excludes halogenated alkanes) is 4. The molecule has 16 heteroatoms. The molecule has 3 amide bonds. The third-order valence-electron chi connectivity index (χ3n) is 7.92. The van der Waals surface area contributed by atoms with E-state index in [0.29, 0.717) is 23.6 Å². The van der Waals surface area contributed by atoms with Crippen LogP contribution in [0.2, 0.25) is 0 Å². The molecule has 0 bridgehead atoms. The fourth-order valence-electron chi connectivity index (χ4n) is 5.02. The number of carbonyl (C=O) groups excluding carboxylic acids is 6. The van der Waals surface area contributed by atoms with E-state index in [0.717, 1.165) is 42.8 Å². The Labute approximate surface area is 344 Å². The molecular weight excluding hydrogens is 777 g/mol. The molecule has 1 aromatic heterocycles. The summed E-state index contributed by atoms with van der Waals surface area (Å²) < 4.78 is 16.6. The van der Waals surface area contributed by atoms with Crippen LogP contribution >= 0.6 is 33.1 Å². The molecule has 0 saturated carbocycles. The van der Waals surface area contributed by atoms with Gasteiger partial charge in [0.2, 0.25) is 0 Å². The zero-order chi connectivity index (χ0) is 42.5. The monoisotopic (exact) mass is 842 g/mol. The highest BCUT2D eigenvalue weighted by Gasteiger charge is 2.34. The van der Waals surface area contributed by atoms with Crippen molar-refractivity contribution in [2.24, 2.45) is 5.92 Å². The Balaban J connectivity index is 2.99. The van der Waals surface area contributed by atoms with E-state index < -0.39 is 63.5 Å². The molecule has 0 spiro atoms. The maximum Gasteiger partial charge on any atom is 0.408 e. The standard InChI is InChI=1S/C40H66N4O9S3/c1-12-14-15-16-17-21-34(46)54-23-19-18-20-29(25-33(45)51-22-24-56(9,10)11)52-38(49)35(28(3)4)44(8)37(48)30(13-2)43-36(47)31-27-55-32(42-31)26-41-39(50)53-40(5,6)7/h13,18,20,27-29,35H,12,14-17,19,21-26H2,1-11H3,(H,41,50)(H,43,47)/b20-18+,30-13-/t29-,35+/m1/s1. The highest BCUT2D eigenvalue weighted by molar-refractivity contribution is 8.32. The molecule has 318 valence electrons. The topological polar surface area (TPSA) is 170 Å². The van der Waals surface area contributed by atoms with Crippen molar-refractivity contribution in [2.75, 3.05) is 43.9 Å². The lowest BCUT2D eigenvalue weighted by molar-refractivity contribution is -0.160. The number of allylic oxidation sites excluding steroid dienone is 2. The van der Waals surface area contributed by atoms with Gasteiger partial charge in [-0.1, -0.05) is 70.4 Å². The quantitative estimate of drug-likeness (QED) is 0.0350. The maximum atomic E-state index is 13.8. The fraction of sp³-hybridized carbons (Fsp3) is 0.675. The van der Waals surface area contributed by atoms with Gasteiger partial charge in [-0.25, -0.2) is 24.6 Å². The molecule has 0 aliphatic carbocycles. The van der Waals surface area contributed by atoms with Gasteiger partial charge in [-0.15, -0.1) is 11.3 Å². The van der Waals surface area contributed by atoms with E-state index in [2.05, 4.69) is 41.3 Å². The first-order valence-corrected chi connectivity index (χ1v) is 24.1. The van der Waals surface area contributed by atoms with Crippen molar-refractivity contribution in [1.82, 2.24) is 20.5 Å². The second-order valence-electron chi connectivity index (χ2n) is 15.5. The Kier molecular flexibility index (Phi) is 23.3. The Bertz CT molecular complexity index is 1500. The summed E-state index contributed by atoms with van der Waals surface area (Å²) in [5.74, 6) is -1.64. The molecule has 2 N–H and O–H groups in total. The summed E-state index contributed by atoms with van der Waals surface area (Å²) in [7, 11) is 0.562. The number of thiazole rings is 1. The van der Waals surface area contributed by atoms with Crippen molar-refractivity contribution in [3.63, 3.8) is 0 Å². The number of nitrogens with one attached hydrogen (secondary N) is 2. The maximum absolute atomic E-state index is 13.8. The van der Waals surface area contributed by atoms with E-state index in [1.54, 1.807) is 53.7 Å². The van der Waals surface area contributed by atoms with E-state index in [-0.39, 0.29) is 36.1 Å². The van der Waals surface area contributed by atoms with E-state index in [1.807, 2.05) is 0 Å². The van der Waals surface area contributed by atoms with Gasteiger partial charge < -0.3 is 29.7 Å². The van der Waals surface area contributed by atoms with Gasteiger partial charge in [-0.2, -0.15) is 0 Å². The number of ether oxygens (including phenoxy) is 3. The lowest BCUT2D eigenvalue weighted by Gasteiger charge is -2.31. The third-order valence-corrected chi connectivity index (χ3v) is 11.1. The van der Waals surface area contributed by atoms with Crippen LogP contribution in [0.3, 0.4) is 0 Å². The van der Waals surface area contributed by atoms with Crippen LogP contribution in [-0.2, 0) is 39.9 Å². The average Bonchev–Trinajstić information content (AvgIpc) is 3.57. The number of esters is 2. The van der Waals surface area contributed by atoms with Crippen LogP contribution in [0.4, 0.5) is 4.79 Å². The van der Waals surface area contributed by atoms with E-state index >= 15 is 0 Å². The largest absolute Gasteiger partial charge is 0.465 e. The summed E-state index contributed by atoms with van der Waals surface area (Å²) in [5.41, 5.74) is -0.701. The zero-order valence-electron chi connectivity index (χ0n) is 35.3. The van der Waals surface area contributed by atoms with Gasteiger partial charge in [-0.05, 0) is 71.3 Å². The van der Waals surface area contributed by atoms with Gasteiger partial charge in [-0.3, -0.25) is 19.2 Å². The molecule has 56 heavy (non-hydrogen) atoms. The van der Waals surface area contributed by atoms with E-state index in [1.165, 1.54) is 41.6 Å². The molecule has 1 aromatic rings. The van der Waals surface area contributed by atoms with Crippen LogP contribution in [0, 0.1) is 5.92 Å². The number of carbonyl (C=O) groups is 6. The first-order valence-electron chi connectivity index (χ1n) is 19.2. The minimum Gasteiger partial charge on any atom is -0.465 e. The molecule has 0 unspecified atom stereocenters. The molecule has 0 radical (unpaired) electrons. The molecule has 13 nitrogen and oxygen atoms in total. The summed E-state index contributed by atoms with van der Waals surface area (Å²) in [6, 6.07) is -1.07. The van der Waals surface area contributed by atoms with Gasteiger partial charge in [0.25, 0.3) is 11.8 Å². The molecule has 0 fully saturated rings. The van der Waals surface area contributed by atoms with Crippen LogP contribution < -0.4 is 10.6 Å². The lowest BCUT2D eigenvalue weighted by Crippen LogP contribution is -2.49. The first kappa shape index (κ1) is 50.6. The number of nitrogens with zero attached hydrogens (tertiary/aromatic N) is 2. The van der Waals surface area contributed by atoms with E-state index in [9.17, 15) is 28.8 Å². The highest BCUT2D eigenvalue weighted by atomic mass is 32.3. The van der Waals surface area contributed by atoms with Crippen LogP contribution in [0.15, 0.2) is 29.3 Å². The first-order chi connectivity index (χ1) is 26.2. The molecule has 0 saturated heterocycles. The molecule has 1 heterocycles. The second-order valence-corrected chi connectivity index (χ2v) is 22.2. The van der Waals surface area contributed by atoms with Crippen molar-refractivity contribution in [2.45, 2.75) is 124 Å². The number of thioether (sulfide) groups is 1. The van der Waals surface area contributed by atoms with E-state index in [4.69, 9.17) is 14.2 Å². The van der Waals surface area contributed by atoms with Gasteiger partial charge in [0.1, 0.15) is 34.1 Å². The van der Waals surface area contributed by atoms with Crippen molar-refractivity contribution in [1.29, 1.82) is 0 Å². The van der Waals surface area contributed by atoms with Crippen LogP contribution in [-0.4, -0.2) is 107 Å². The van der Waals surface area contributed by atoms with Crippen molar-refractivity contribution in [3.8, 4) is 0 Å². The average molecular weight is 843 g/mol. The van der Waals surface area contributed by atoms with Crippen molar-refractivity contribution >= 4 is 68.1 Å². The van der Waals surface area contributed by atoms with Gasteiger partial charge in [0, 0.05) is 30.4 Å². The minimum atomic E-state index is -1.07. The molecule has 1 rings (SSSR count). The molecular formula is C40H66N4O9S3. The summed E-state index contributed by atoms with van der Waals surface area (Å²) in [5, 5.41) is 7.29. The smallest absolute Gasteiger partial charge is 0.408 e. The van der Waals surface area contributed by atoms with Gasteiger partial charge in [0.15, 0.2) is 5.12 Å². The number of alkyl carbamates (subject to hydrolysis) is 1. The Hall–Kier alpha value is -3.37. The number of amides is 3. The summed E-state index contributed by atoms with van der Waals surface area (Å²) in [6.07, 6.45) is 15.9. The Morgan fingerprint density at radius 1 is 1.05 bits per heavy atom. The predicted molar refractivity (Wildman–Crippen MR) is 228 cm³/mol. The van der Waals surface area contributed by atoms with Crippen LogP contribution in [0.25, 0.3) is 0 Å². The minimum absolute atomic E-state index is 0.0428. The zero-order valence-corrected chi connectivity index (χ0v) is 37.8. The molecule has 0 aromatic carbocycles. The summed E-state index contributed by atoms with van der Waals surface area (Å²) in [6.45, 7) is 12.8. The summed E-state index contributed by atoms with van der Waals surface area (Å²) >= 11 is 2.43. The van der Waals surface area contributed by atoms with Crippen molar-refractivity contribution < 1.29 is 43.0 Å². The van der Waals surface area contributed by atoms with Crippen LogP contribution in [0.1, 0.15) is 115 Å². The summed E-state index contributed by atoms with van der Waals surface area (Å²) in [4.78, 5) is 83.2. The Morgan fingerprint density at radius 2 is 1.73 bits per heavy atom. The normalized spacial score (nSPS) is 13.5. The van der Waals surface area contributed by atoms with Gasteiger partial charge >= 0.3 is 18.0 Å². The number of hydrogen-bond acceptors (Lipinski definition) is 12. The van der Waals surface area contributed by atoms with Crippen LogP contribution in [0.5, 0.6) is 0 Å². The molecule has 0 aliphatic heterocycles. The van der Waals surface area contributed by atoms with Gasteiger partial charge in [0.05, 0.1) is 19.6 Å².